The molecular formula is C19H23N9O2. The molecule has 6 N–H and O–H groups in total. The summed E-state index contributed by atoms with van der Waals surface area (Å²) in [5.74, 6) is -0.284. The number of anilines is 3. The minimum Gasteiger partial charge on any atom is -0.370 e. The number of nitrogens with one attached hydrogen (secondary N) is 2. The molecule has 3 rings (SSSR count). The van der Waals surface area contributed by atoms with Gasteiger partial charge in [-0.15, -0.1) is 4.80 Å². The molecule has 0 saturated carbocycles. The van der Waals surface area contributed by atoms with Gasteiger partial charge in [-0.2, -0.15) is 10.2 Å². The van der Waals surface area contributed by atoms with E-state index in [2.05, 4.69) is 30.8 Å². The number of amides is 2. The monoisotopic (exact) mass is 409 g/mol. The second kappa shape index (κ2) is 8.55. The summed E-state index contributed by atoms with van der Waals surface area (Å²) in [6.45, 7) is 3.67. The molecule has 11 nitrogen and oxygen atoms in total. The van der Waals surface area contributed by atoms with Crippen molar-refractivity contribution in [3.63, 3.8) is 0 Å². The van der Waals surface area contributed by atoms with Gasteiger partial charge in [-0.25, -0.2) is 9.97 Å². The predicted octanol–water partition coefficient (Wildman–Crippen LogP) is 1.36. The van der Waals surface area contributed by atoms with Crippen LogP contribution in [0.15, 0.2) is 42.9 Å². The molecule has 0 spiro atoms. The molecule has 0 saturated heterocycles. The Hall–Kier alpha value is -4.02. The largest absolute Gasteiger partial charge is 0.370 e. The van der Waals surface area contributed by atoms with Crippen molar-refractivity contribution in [2.75, 3.05) is 10.6 Å². The lowest BCUT2D eigenvalue weighted by molar-refractivity contribution is -0.122. The molecule has 3 aromatic rings. The highest BCUT2D eigenvalue weighted by molar-refractivity contribution is 5.98. The highest BCUT2D eigenvalue weighted by Crippen LogP contribution is 2.26. The van der Waals surface area contributed by atoms with Gasteiger partial charge < -0.3 is 22.1 Å². The number of primary amides is 2. The maximum absolute atomic E-state index is 11.9. The molecule has 0 aromatic carbocycles. The fraction of sp³-hybridized carbons (Fsp3) is 0.263. The summed E-state index contributed by atoms with van der Waals surface area (Å²) in [6.07, 6.45) is 5.79. The molecule has 3 heterocycles. The van der Waals surface area contributed by atoms with Crippen molar-refractivity contribution in [2.45, 2.75) is 32.2 Å². The molecular weight excluding hydrogens is 386 g/mol. The summed E-state index contributed by atoms with van der Waals surface area (Å²) >= 11 is 0. The number of nitrogens with two attached hydrogens (primary N) is 2. The molecule has 0 bridgehead atoms. The zero-order chi connectivity index (χ0) is 21.7. The van der Waals surface area contributed by atoms with Crippen LogP contribution in [0.2, 0.25) is 0 Å². The van der Waals surface area contributed by atoms with E-state index in [0.29, 0.717) is 29.4 Å². The van der Waals surface area contributed by atoms with Gasteiger partial charge in [-0.1, -0.05) is 19.4 Å². The molecule has 30 heavy (non-hydrogen) atoms. The van der Waals surface area contributed by atoms with Gasteiger partial charge in [-0.3, -0.25) is 9.59 Å². The number of aromatic nitrogens is 5. The van der Waals surface area contributed by atoms with Crippen LogP contribution in [-0.4, -0.2) is 42.3 Å². The molecule has 0 aliphatic rings. The summed E-state index contributed by atoms with van der Waals surface area (Å²) in [5, 5.41) is 14.2. The molecule has 2 amide bonds. The third-order valence-electron chi connectivity index (χ3n) is 4.46. The topological polar surface area (TPSA) is 167 Å². The van der Waals surface area contributed by atoms with Crippen LogP contribution in [0.3, 0.4) is 0 Å². The normalized spacial score (nSPS) is 12.7. The van der Waals surface area contributed by atoms with Crippen LogP contribution in [0, 0.1) is 0 Å². The van der Waals surface area contributed by atoms with Crippen LogP contribution >= 0.6 is 0 Å². The van der Waals surface area contributed by atoms with Crippen LogP contribution in [0.1, 0.15) is 37.2 Å². The fourth-order valence-electron chi connectivity index (χ4n) is 2.97. The molecule has 0 aliphatic carbocycles. The highest BCUT2D eigenvalue weighted by Gasteiger charge is 2.30. The number of rotatable bonds is 9. The summed E-state index contributed by atoms with van der Waals surface area (Å²) in [5.41, 5.74) is 10.9. The molecule has 11 heteroatoms. The molecule has 3 aromatic heterocycles. The van der Waals surface area contributed by atoms with E-state index in [0.717, 1.165) is 6.42 Å². The van der Waals surface area contributed by atoms with E-state index >= 15 is 0 Å². The van der Waals surface area contributed by atoms with Gasteiger partial charge in [0.2, 0.25) is 5.91 Å². The predicted molar refractivity (Wildman–Crippen MR) is 111 cm³/mol. The van der Waals surface area contributed by atoms with Gasteiger partial charge >= 0.3 is 0 Å². The minimum absolute atomic E-state index is 0.0289. The van der Waals surface area contributed by atoms with Gasteiger partial charge in [0.05, 0.1) is 30.0 Å². The molecule has 0 radical (unpaired) electrons. The first kappa shape index (κ1) is 20.7. The smallest absolute Gasteiger partial charge is 0.269 e. The summed E-state index contributed by atoms with van der Waals surface area (Å²) in [7, 11) is 0. The molecule has 0 aliphatic heterocycles. The van der Waals surface area contributed by atoms with E-state index in [4.69, 9.17) is 11.5 Å². The van der Waals surface area contributed by atoms with Crippen molar-refractivity contribution >= 4 is 29.0 Å². The summed E-state index contributed by atoms with van der Waals surface area (Å²) < 4.78 is 0. The van der Waals surface area contributed by atoms with Crippen LogP contribution in [0.5, 0.6) is 0 Å². The van der Waals surface area contributed by atoms with E-state index in [1.165, 1.54) is 23.4 Å². The van der Waals surface area contributed by atoms with E-state index in [-0.39, 0.29) is 5.69 Å². The third kappa shape index (κ3) is 4.51. The third-order valence-corrected chi connectivity index (χ3v) is 4.46. The number of carbonyl (C=O) groups is 2. The first-order valence-electron chi connectivity index (χ1n) is 9.31. The van der Waals surface area contributed by atoms with E-state index in [1.807, 2.05) is 6.92 Å². The maximum Gasteiger partial charge on any atom is 0.269 e. The quantitative estimate of drug-likeness (QED) is 0.411. The Kier molecular flexibility index (Phi) is 5.90. The first-order valence-corrected chi connectivity index (χ1v) is 9.31. The van der Waals surface area contributed by atoms with Gasteiger partial charge in [0.25, 0.3) is 5.91 Å². The van der Waals surface area contributed by atoms with E-state index < -0.39 is 17.4 Å². The Balaban J connectivity index is 1.93. The first-order chi connectivity index (χ1) is 14.3. The Morgan fingerprint density at radius 1 is 1.20 bits per heavy atom. The summed E-state index contributed by atoms with van der Waals surface area (Å²) in [6, 6.07) is 6.84. The van der Waals surface area contributed by atoms with Crippen LogP contribution < -0.4 is 22.1 Å². The second-order valence-corrected chi connectivity index (χ2v) is 6.88. The highest BCUT2D eigenvalue weighted by atomic mass is 16.2. The second-order valence-electron chi connectivity index (χ2n) is 6.88. The van der Waals surface area contributed by atoms with E-state index in [1.54, 1.807) is 31.2 Å². The molecule has 0 fully saturated rings. The maximum atomic E-state index is 11.9. The van der Waals surface area contributed by atoms with Gasteiger partial charge in [-0.05, 0) is 31.5 Å². The molecule has 1 unspecified atom stereocenters. The van der Waals surface area contributed by atoms with Crippen molar-refractivity contribution in [3.8, 4) is 5.82 Å². The number of nitrogens with zero attached hydrogens (tertiary/aromatic N) is 5. The Labute approximate surface area is 172 Å². The fourth-order valence-corrected chi connectivity index (χ4v) is 2.97. The summed E-state index contributed by atoms with van der Waals surface area (Å²) in [4.78, 5) is 33.7. The average molecular weight is 409 g/mol. The van der Waals surface area contributed by atoms with Crippen LogP contribution in [0.25, 0.3) is 5.82 Å². The van der Waals surface area contributed by atoms with Gasteiger partial charge in [0, 0.05) is 0 Å². The van der Waals surface area contributed by atoms with Crippen molar-refractivity contribution in [2.24, 2.45) is 11.5 Å². The average Bonchev–Trinajstić information content (AvgIpc) is 3.23. The minimum atomic E-state index is -0.966. The molecule has 156 valence electrons. The Bertz CT molecular complexity index is 1050. The zero-order valence-electron chi connectivity index (χ0n) is 16.7. The van der Waals surface area contributed by atoms with Crippen molar-refractivity contribution in [1.29, 1.82) is 0 Å². The Morgan fingerprint density at radius 2 is 1.93 bits per heavy atom. The van der Waals surface area contributed by atoms with Crippen molar-refractivity contribution in [3.05, 3.63) is 48.5 Å². The van der Waals surface area contributed by atoms with Crippen molar-refractivity contribution < 1.29 is 9.59 Å². The van der Waals surface area contributed by atoms with Crippen molar-refractivity contribution in [1.82, 2.24) is 25.0 Å². The Morgan fingerprint density at radius 3 is 2.57 bits per heavy atom. The number of carbonyl (C=O) groups excluding carboxylic acids is 2. The lowest BCUT2D eigenvalue weighted by Gasteiger charge is -2.28. The van der Waals surface area contributed by atoms with Gasteiger partial charge in [0.1, 0.15) is 11.4 Å². The van der Waals surface area contributed by atoms with Crippen LogP contribution in [0.4, 0.5) is 17.2 Å². The standard InChI is InChI=1S/C19H23N9O2/c1-3-7-19(2,18(21)30)27-12-10-13(16(17(20)29)22-11-12)25-14-5-4-6-15(26-14)28-23-8-9-24-28/h4-6,8-11,27H,3,7H2,1-2H3,(H2,20,29)(H2,21,30)(H,25,26). The molecule has 1 atom stereocenters. The van der Waals surface area contributed by atoms with E-state index in [9.17, 15) is 9.59 Å². The van der Waals surface area contributed by atoms with Crippen LogP contribution in [-0.2, 0) is 4.79 Å². The number of hydrogen-bond donors (Lipinski definition) is 4. The lowest BCUT2D eigenvalue weighted by Crippen LogP contribution is -2.47. The zero-order valence-corrected chi connectivity index (χ0v) is 16.7. The number of hydrogen-bond acceptors (Lipinski definition) is 8. The SMILES string of the molecule is CCCC(C)(Nc1cnc(C(N)=O)c(Nc2cccc(-n3nccn3)n2)c1)C(N)=O. The lowest BCUT2D eigenvalue weighted by atomic mass is 9.95. The van der Waals surface area contributed by atoms with Gasteiger partial charge in [0.15, 0.2) is 11.5 Å². The number of pyridine rings is 2.